The Morgan fingerprint density at radius 1 is 1.10 bits per heavy atom. The molecule has 0 atom stereocenters. The first-order valence-corrected chi connectivity index (χ1v) is 3.56. The van der Waals surface area contributed by atoms with Crippen molar-refractivity contribution in [2.24, 2.45) is 7.05 Å². The third-order valence-electron chi connectivity index (χ3n) is 0.451. The average molecular weight is 144 g/mol. The summed E-state index contributed by atoms with van der Waals surface area (Å²) in [6, 6.07) is 0. The normalized spacial score (nSPS) is 6.50. The van der Waals surface area contributed by atoms with Crippen molar-refractivity contribution in [2.45, 2.75) is 27.7 Å². The fourth-order valence-corrected chi connectivity index (χ4v) is 0.207. The molecule has 0 saturated heterocycles. The second kappa shape index (κ2) is 10.9. The van der Waals surface area contributed by atoms with E-state index >= 15 is 0 Å². The van der Waals surface area contributed by atoms with Gasteiger partial charge in [-0.2, -0.15) is 0 Å². The number of nitrogens with zero attached hydrogens (tertiary/aromatic N) is 4. The lowest BCUT2D eigenvalue weighted by Gasteiger charge is -1.71. The number of aryl methyl sites for hydroxylation is 1. The Hall–Kier alpha value is -0.930. The lowest BCUT2D eigenvalue weighted by molar-refractivity contribution is 0.710. The van der Waals surface area contributed by atoms with Gasteiger partial charge < -0.3 is 0 Å². The molecule has 1 rings (SSSR count). The Morgan fingerprint density at radius 3 is 1.70 bits per heavy atom. The molecule has 0 aliphatic heterocycles. The molecule has 0 aromatic carbocycles. The van der Waals surface area contributed by atoms with E-state index in [1.165, 1.54) is 11.0 Å². The van der Waals surface area contributed by atoms with Crippen molar-refractivity contribution in [3.8, 4) is 0 Å². The van der Waals surface area contributed by atoms with Gasteiger partial charge in [0.2, 0.25) is 0 Å². The van der Waals surface area contributed by atoms with E-state index in [4.69, 9.17) is 0 Å². The van der Waals surface area contributed by atoms with Gasteiger partial charge in [0.1, 0.15) is 6.33 Å². The van der Waals surface area contributed by atoms with Crippen LogP contribution in [0.2, 0.25) is 0 Å². The SMILES string of the molecule is CC.CC.Cn1cnnn1. The highest BCUT2D eigenvalue weighted by Gasteiger charge is 1.72. The van der Waals surface area contributed by atoms with Crippen LogP contribution in [-0.4, -0.2) is 20.2 Å². The number of hydrogen-bond acceptors (Lipinski definition) is 3. The predicted molar refractivity (Wildman–Crippen MR) is 41.5 cm³/mol. The fraction of sp³-hybridized carbons (Fsp3) is 0.833. The summed E-state index contributed by atoms with van der Waals surface area (Å²) >= 11 is 0. The molecule has 0 amide bonds. The quantitative estimate of drug-likeness (QED) is 0.550. The first kappa shape index (κ1) is 11.8. The minimum absolute atomic E-state index is 1.53. The molecule has 4 heteroatoms. The summed E-state index contributed by atoms with van der Waals surface area (Å²) in [6.45, 7) is 8.00. The lowest BCUT2D eigenvalue weighted by atomic mass is 11.0. The highest BCUT2D eigenvalue weighted by molar-refractivity contribution is 4.35. The molecular weight excluding hydrogens is 128 g/mol. The smallest absolute Gasteiger partial charge is 0.137 e. The zero-order valence-electron chi connectivity index (χ0n) is 7.37. The molecule has 0 fully saturated rings. The minimum Gasteiger partial charge on any atom is -0.236 e. The maximum Gasteiger partial charge on any atom is 0.137 e. The summed E-state index contributed by atoms with van der Waals surface area (Å²) in [5.74, 6) is 0. The Balaban J connectivity index is 0. The molecule has 0 unspecified atom stereocenters. The molecule has 60 valence electrons. The van der Waals surface area contributed by atoms with Gasteiger partial charge in [-0.3, -0.25) is 0 Å². The Labute approximate surface area is 62.3 Å². The van der Waals surface area contributed by atoms with Crippen LogP contribution in [0, 0.1) is 0 Å². The van der Waals surface area contributed by atoms with Crippen molar-refractivity contribution in [2.75, 3.05) is 0 Å². The monoisotopic (exact) mass is 144 g/mol. The van der Waals surface area contributed by atoms with Gasteiger partial charge in [0.25, 0.3) is 0 Å². The van der Waals surface area contributed by atoms with Crippen molar-refractivity contribution in [3.05, 3.63) is 6.33 Å². The molecule has 10 heavy (non-hydrogen) atoms. The molecule has 0 bridgehead atoms. The maximum absolute atomic E-state index is 3.47. The van der Waals surface area contributed by atoms with Crippen molar-refractivity contribution in [1.82, 2.24) is 20.2 Å². The Kier molecular flexibility index (Phi) is 12.9. The van der Waals surface area contributed by atoms with Crippen molar-refractivity contribution < 1.29 is 0 Å². The molecule has 0 radical (unpaired) electrons. The molecule has 0 saturated carbocycles. The fourth-order valence-electron chi connectivity index (χ4n) is 0.207. The molecule has 4 nitrogen and oxygen atoms in total. The summed E-state index contributed by atoms with van der Waals surface area (Å²) in [4.78, 5) is 0. The standard InChI is InChI=1S/C2H4N4.2C2H6/c1-6-2-3-4-5-6;2*1-2/h2H,1H3;2*1-2H3. The van der Waals surface area contributed by atoms with Crippen LogP contribution in [0.15, 0.2) is 6.33 Å². The maximum atomic E-state index is 3.47. The summed E-state index contributed by atoms with van der Waals surface area (Å²) in [7, 11) is 1.76. The second-order valence-corrected chi connectivity index (χ2v) is 0.983. The van der Waals surface area contributed by atoms with E-state index in [2.05, 4.69) is 15.5 Å². The van der Waals surface area contributed by atoms with Crippen LogP contribution in [0.25, 0.3) is 0 Å². The summed E-state index contributed by atoms with van der Waals surface area (Å²) in [5, 5.41) is 10.2. The van der Waals surface area contributed by atoms with Crippen LogP contribution in [0.5, 0.6) is 0 Å². The lowest BCUT2D eigenvalue weighted by Crippen LogP contribution is -1.85. The second-order valence-electron chi connectivity index (χ2n) is 0.983. The third kappa shape index (κ3) is 7.07. The van der Waals surface area contributed by atoms with Gasteiger partial charge in [-0.15, -0.1) is 5.10 Å². The molecule has 1 aromatic rings. The molecule has 0 spiro atoms. The molecule has 0 aliphatic carbocycles. The third-order valence-corrected chi connectivity index (χ3v) is 0.451. The molecular formula is C6H16N4. The van der Waals surface area contributed by atoms with Crippen LogP contribution < -0.4 is 0 Å². The van der Waals surface area contributed by atoms with Gasteiger partial charge in [-0.1, -0.05) is 27.7 Å². The van der Waals surface area contributed by atoms with E-state index in [9.17, 15) is 0 Å². The number of tetrazole rings is 1. The summed E-state index contributed by atoms with van der Waals surface area (Å²) in [6.07, 6.45) is 1.53. The van der Waals surface area contributed by atoms with Crippen molar-refractivity contribution in [3.63, 3.8) is 0 Å². The van der Waals surface area contributed by atoms with Crippen LogP contribution in [0.4, 0.5) is 0 Å². The minimum atomic E-state index is 1.53. The first-order valence-electron chi connectivity index (χ1n) is 3.56. The average Bonchev–Trinajstić information content (AvgIpc) is 2.48. The zero-order chi connectivity index (χ0) is 8.41. The van der Waals surface area contributed by atoms with Crippen LogP contribution in [0.1, 0.15) is 27.7 Å². The van der Waals surface area contributed by atoms with Gasteiger partial charge in [0, 0.05) is 7.05 Å². The Bertz CT molecular complexity index is 113. The number of rotatable bonds is 0. The largest absolute Gasteiger partial charge is 0.236 e. The van der Waals surface area contributed by atoms with Crippen LogP contribution in [0.3, 0.4) is 0 Å². The van der Waals surface area contributed by atoms with E-state index in [-0.39, 0.29) is 0 Å². The first-order chi connectivity index (χ1) is 4.89. The van der Waals surface area contributed by atoms with Gasteiger partial charge in [0.05, 0.1) is 0 Å². The van der Waals surface area contributed by atoms with Crippen molar-refractivity contribution in [1.29, 1.82) is 0 Å². The summed E-state index contributed by atoms with van der Waals surface area (Å²) in [5.41, 5.74) is 0. The van der Waals surface area contributed by atoms with Gasteiger partial charge in [-0.25, -0.2) is 4.68 Å². The molecule has 1 heterocycles. The molecule has 0 aliphatic rings. The van der Waals surface area contributed by atoms with Gasteiger partial charge >= 0.3 is 0 Å². The Morgan fingerprint density at radius 2 is 1.60 bits per heavy atom. The van der Waals surface area contributed by atoms with Crippen LogP contribution in [-0.2, 0) is 7.05 Å². The van der Waals surface area contributed by atoms with Crippen LogP contribution >= 0.6 is 0 Å². The van der Waals surface area contributed by atoms with E-state index < -0.39 is 0 Å². The number of hydrogen-bond donors (Lipinski definition) is 0. The summed E-state index contributed by atoms with van der Waals surface area (Å²) < 4.78 is 1.53. The van der Waals surface area contributed by atoms with Crippen molar-refractivity contribution >= 4 is 0 Å². The highest BCUT2D eigenvalue weighted by atomic mass is 15.5. The zero-order valence-corrected chi connectivity index (χ0v) is 7.37. The predicted octanol–water partition coefficient (Wildman–Crippen LogP) is 1.26. The topological polar surface area (TPSA) is 43.6 Å². The van der Waals surface area contributed by atoms with Gasteiger partial charge in [-0.05, 0) is 10.4 Å². The highest BCUT2D eigenvalue weighted by Crippen LogP contribution is 1.58. The molecule has 1 aromatic heterocycles. The van der Waals surface area contributed by atoms with Gasteiger partial charge in [0.15, 0.2) is 0 Å². The molecule has 0 N–H and O–H groups in total. The number of aromatic nitrogens is 4. The van der Waals surface area contributed by atoms with E-state index in [1.807, 2.05) is 27.7 Å². The van der Waals surface area contributed by atoms with E-state index in [0.717, 1.165) is 0 Å². The van der Waals surface area contributed by atoms with E-state index in [1.54, 1.807) is 7.05 Å². The van der Waals surface area contributed by atoms with E-state index in [0.29, 0.717) is 0 Å².